The highest BCUT2D eigenvalue weighted by molar-refractivity contribution is 5.97. The topological polar surface area (TPSA) is 88.5 Å². The summed E-state index contributed by atoms with van der Waals surface area (Å²) in [7, 11) is 1.94. The van der Waals surface area contributed by atoms with Crippen LogP contribution in [0.15, 0.2) is 35.7 Å². The quantitative estimate of drug-likeness (QED) is 0.243. The number of hydrogen-bond acceptors (Lipinski definition) is 4. The zero-order chi connectivity index (χ0) is 15.2. The van der Waals surface area contributed by atoms with E-state index >= 15 is 0 Å². The van der Waals surface area contributed by atoms with E-state index in [0.717, 1.165) is 12.2 Å². The lowest BCUT2D eigenvalue weighted by molar-refractivity contribution is 0.318. The third kappa shape index (κ3) is 3.79. The Morgan fingerprint density at radius 3 is 2.95 bits per heavy atom. The van der Waals surface area contributed by atoms with Crippen LogP contribution in [-0.2, 0) is 20.0 Å². The van der Waals surface area contributed by atoms with Gasteiger partial charge in [-0.25, -0.2) is 9.37 Å². The molecule has 0 radical (unpaired) electrons. The van der Waals surface area contributed by atoms with E-state index in [1.807, 2.05) is 17.8 Å². The van der Waals surface area contributed by atoms with Crippen molar-refractivity contribution in [3.8, 4) is 0 Å². The molecule has 112 valence electrons. The average Bonchev–Trinajstić information content (AvgIpc) is 2.89. The van der Waals surface area contributed by atoms with Crippen molar-refractivity contribution in [2.24, 2.45) is 17.9 Å². The smallest absolute Gasteiger partial charge is 0.170 e. The van der Waals surface area contributed by atoms with Crippen molar-refractivity contribution in [2.45, 2.75) is 13.0 Å². The van der Waals surface area contributed by atoms with Gasteiger partial charge in [-0.2, -0.15) is 0 Å². The van der Waals surface area contributed by atoms with Crippen molar-refractivity contribution in [1.82, 2.24) is 14.9 Å². The molecule has 0 unspecified atom stereocenters. The molecule has 0 saturated heterocycles. The zero-order valence-corrected chi connectivity index (χ0v) is 11.8. The van der Waals surface area contributed by atoms with Gasteiger partial charge in [0.1, 0.15) is 11.6 Å². The molecule has 21 heavy (non-hydrogen) atoms. The largest absolute Gasteiger partial charge is 0.409 e. The number of oxime groups is 1. The second-order valence-corrected chi connectivity index (χ2v) is 4.67. The highest BCUT2D eigenvalue weighted by atomic mass is 19.1. The summed E-state index contributed by atoms with van der Waals surface area (Å²) in [6.45, 7) is 1.11. The summed E-state index contributed by atoms with van der Waals surface area (Å²) in [5.41, 5.74) is 6.30. The van der Waals surface area contributed by atoms with Crippen LogP contribution in [0.5, 0.6) is 0 Å². The maximum absolute atomic E-state index is 13.9. The van der Waals surface area contributed by atoms with E-state index in [1.54, 1.807) is 18.3 Å². The Kier molecular flexibility index (Phi) is 4.89. The summed E-state index contributed by atoms with van der Waals surface area (Å²) in [5.74, 6) is 0.483. The molecule has 0 amide bonds. The molecule has 0 atom stereocenters. The Balaban J connectivity index is 1.87. The molecule has 6 nitrogen and oxygen atoms in total. The third-order valence-corrected chi connectivity index (χ3v) is 3.22. The number of nitrogens with one attached hydrogen (secondary N) is 1. The van der Waals surface area contributed by atoms with Crippen molar-refractivity contribution in [1.29, 1.82) is 0 Å². The number of nitrogens with zero attached hydrogens (tertiary/aromatic N) is 3. The summed E-state index contributed by atoms with van der Waals surface area (Å²) in [6.07, 6.45) is 4.41. The van der Waals surface area contributed by atoms with Crippen LogP contribution in [0.3, 0.4) is 0 Å². The number of hydrogen-bond donors (Lipinski definition) is 3. The van der Waals surface area contributed by atoms with E-state index < -0.39 is 0 Å². The van der Waals surface area contributed by atoms with Gasteiger partial charge in [-0.1, -0.05) is 17.3 Å². The molecule has 2 aromatic rings. The van der Waals surface area contributed by atoms with Crippen molar-refractivity contribution in [2.75, 3.05) is 6.54 Å². The number of imidazole rings is 1. The van der Waals surface area contributed by atoms with Gasteiger partial charge in [0.25, 0.3) is 0 Å². The minimum Gasteiger partial charge on any atom is -0.409 e. The highest BCUT2D eigenvalue weighted by Gasteiger charge is 2.06. The van der Waals surface area contributed by atoms with E-state index in [-0.39, 0.29) is 11.7 Å². The molecular weight excluding hydrogens is 273 g/mol. The highest BCUT2D eigenvalue weighted by Crippen LogP contribution is 2.10. The van der Waals surface area contributed by atoms with E-state index in [0.29, 0.717) is 24.2 Å². The Hall–Kier alpha value is -2.41. The first-order valence-electron chi connectivity index (χ1n) is 6.55. The fourth-order valence-corrected chi connectivity index (χ4v) is 1.97. The van der Waals surface area contributed by atoms with Gasteiger partial charge in [0.2, 0.25) is 0 Å². The minimum absolute atomic E-state index is 0.108. The predicted octanol–water partition coefficient (Wildman–Crippen LogP) is 0.986. The zero-order valence-electron chi connectivity index (χ0n) is 11.8. The van der Waals surface area contributed by atoms with Crippen LogP contribution in [0.2, 0.25) is 0 Å². The lowest BCUT2D eigenvalue weighted by Crippen LogP contribution is -2.19. The monoisotopic (exact) mass is 291 g/mol. The first-order valence-corrected chi connectivity index (χ1v) is 6.55. The molecule has 0 spiro atoms. The average molecular weight is 291 g/mol. The van der Waals surface area contributed by atoms with Crippen LogP contribution in [0.25, 0.3) is 0 Å². The summed E-state index contributed by atoms with van der Waals surface area (Å²) in [5, 5.41) is 14.6. The Labute approximate surface area is 122 Å². The molecule has 1 aromatic heterocycles. The van der Waals surface area contributed by atoms with Gasteiger partial charge in [-0.3, -0.25) is 0 Å². The van der Waals surface area contributed by atoms with Gasteiger partial charge in [0.05, 0.1) is 0 Å². The van der Waals surface area contributed by atoms with E-state index in [2.05, 4.69) is 15.5 Å². The summed E-state index contributed by atoms with van der Waals surface area (Å²) >= 11 is 0. The summed E-state index contributed by atoms with van der Waals surface area (Å²) in [6, 6.07) is 4.50. The first-order chi connectivity index (χ1) is 10.1. The predicted molar refractivity (Wildman–Crippen MR) is 77.5 cm³/mol. The fourth-order valence-electron chi connectivity index (χ4n) is 1.97. The number of amidine groups is 1. The van der Waals surface area contributed by atoms with Crippen LogP contribution < -0.4 is 11.1 Å². The molecule has 1 aromatic carbocycles. The van der Waals surface area contributed by atoms with E-state index in [9.17, 15) is 4.39 Å². The number of nitrogens with two attached hydrogens (primary N) is 1. The van der Waals surface area contributed by atoms with Crippen molar-refractivity contribution in [3.05, 3.63) is 53.4 Å². The molecule has 0 aliphatic rings. The van der Waals surface area contributed by atoms with Crippen molar-refractivity contribution >= 4 is 5.84 Å². The molecule has 0 aliphatic heterocycles. The molecule has 4 N–H and O–H groups in total. The Morgan fingerprint density at radius 2 is 2.33 bits per heavy atom. The number of aryl methyl sites for hydroxylation is 1. The molecular formula is C14H18FN5O. The number of benzene rings is 1. The molecule has 0 saturated carbocycles. The van der Waals surface area contributed by atoms with Gasteiger partial charge in [-0.15, -0.1) is 0 Å². The lowest BCUT2D eigenvalue weighted by Gasteiger charge is -2.07. The second-order valence-electron chi connectivity index (χ2n) is 4.67. The molecule has 0 fully saturated rings. The molecule has 0 bridgehead atoms. The normalized spacial score (nSPS) is 11.8. The second kappa shape index (κ2) is 6.85. The third-order valence-electron chi connectivity index (χ3n) is 3.22. The molecule has 7 heteroatoms. The first kappa shape index (κ1) is 15.0. The standard InChI is InChI=1S/C14H18FN5O/c1-20-7-6-18-13(20)4-5-17-9-11-3-2-10(8-12(11)15)14(16)19-21/h2-3,6-8,17,21H,4-5,9H2,1H3,(H2,16,19). The maximum atomic E-state index is 13.9. The van der Waals surface area contributed by atoms with Crippen molar-refractivity contribution in [3.63, 3.8) is 0 Å². The fraction of sp³-hybridized carbons (Fsp3) is 0.286. The Bertz CT molecular complexity index is 638. The maximum Gasteiger partial charge on any atom is 0.170 e. The van der Waals surface area contributed by atoms with Crippen LogP contribution >= 0.6 is 0 Å². The molecule has 0 aliphatic carbocycles. The van der Waals surface area contributed by atoms with Crippen LogP contribution in [0.1, 0.15) is 17.0 Å². The van der Waals surface area contributed by atoms with Crippen LogP contribution in [0.4, 0.5) is 4.39 Å². The van der Waals surface area contributed by atoms with Gasteiger partial charge >= 0.3 is 0 Å². The number of rotatable bonds is 6. The molecule has 2 rings (SSSR count). The van der Waals surface area contributed by atoms with Crippen LogP contribution in [0, 0.1) is 5.82 Å². The Morgan fingerprint density at radius 1 is 1.52 bits per heavy atom. The lowest BCUT2D eigenvalue weighted by atomic mass is 10.1. The summed E-state index contributed by atoms with van der Waals surface area (Å²) < 4.78 is 15.8. The number of halogens is 1. The van der Waals surface area contributed by atoms with Crippen LogP contribution in [-0.4, -0.2) is 27.1 Å². The van der Waals surface area contributed by atoms with Gasteiger partial charge in [0.15, 0.2) is 5.84 Å². The molecule has 1 heterocycles. The van der Waals surface area contributed by atoms with Crippen molar-refractivity contribution < 1.29 is 9.60 Å². The van der Waals surface area contributed by atoms with E-state index in [1.165, 1.54) is 6.07 Å². The SMILES string of the molecule is Cn1ccnc1CCNCc1ccc(C(N)=NO)cc1F. The van der Waals surface area contributed by atoms with E-state index in [4.69, 9.17) is 10.9 Å². The minimum atomic E-state index is -0.386. The number of aromatic nitrogens is 2. The van der Waals surface area contributed by atoms with Gasteiger partial charge in [-0.05, 0) is 6.07 Å². The summed E-state index contributed by atoms with van der Waals surface area (Å²) in [4.78, 5) is 4.22. The van der Waals surface area contributed by atoms with Gasteiger partial charge in [0, 0.05) is 50.1 Å². The van der Waals surface area contributed by atoms with Gasteiger partial charge < -0.3 is 20.8 Å².